The van der Waals surface area contributed by atoms with Crippen molar-refractivity contribution in [3.05, 3.63) is 29.6 Å². The molecule has 94 valence electrons. The van der Waals surface area contributed by atoms with Crippen LogP contribution in [0.3, 0.4) is 0 Å². The van der Waals surface area contributed by atoms with Crippen LogP contribution in [0, 0.1) is 5.82 Å². The predicted octanol–water partition coefficient (Wildman–Crippen LogP) is 2.21. The summed E-state index contributed by atoms with van der Waals surface area (Å²) in [6, 6.07) is 4.06. The van der Waals surface area contributed by atoms with Crippen LogP contribution < -0.4 is 16.4 Å². The summed E-state index contributed by atoms with van der Waals surface area (Å²) in [6.45, 7) is 2.79. The third-order valence-electron chi connectivity index (χ3n) is 2.34. The molecule has 1 aromatic rings. The highest BCUT2D eigenvalue weighted by molar-refractivity contribution is 5.89. The van der Waals surface area contributed by atoms with Gasteiger partial charge in [-0.25, -0.2) is 9.18 Å². The number of rotatable bonds is 5. The summed E-state index contributed by atoms with van der Waals surface area (Å²) in [6.07, 6.45) is 1.96. The molecule has 2 amide bonds. The zero-order valence-electron chi connectivity index (χ0n) is 9.92. The zero-order chi connectivity index (χ0) is 12.7. The molecule has 0 unspecified atom stereocenters. The first-order chi connectivity index (χ1) is 8.17. The van der Waals surface area contributed by atoms with E-state index in [4.69, 9.17) is 5.73 Å². The number of nitrogens with two attached hydrogens (primary N) is 1. The van der Waals surface area contributed by atoms with E-state index in [-0.39, 0.29) is 18.4 Å². The molecule has 0 aliphatic heterocycles. The molecule has 0 radical (unpaired) electrons. The second-order valence-electron chi connectivity index (χ2n) is 3.74. The number of benzene rings is 1. The molecule has 0 bridgehead atoms. The fourth-order valence-corrected chi connectivity index (χ4v) is 1.36. The first kappa shape index (κ1) is 13.4. The lowest BCUT2D eigenvalue weighted by Gasteiger charge is -2.08. The Bertz CT molecular complexity index is 382. The van der Waals surface area contributed by atoms with Crippen molar-refractivity contribution in [3.63, 3.8) is 0 Å². The minimum atomic E-state index is -0.357. The summed E-state index contributed by atoms with van der Waals surface area (Å²) < 4.78 is 13.1. The lowest BCUT2D eigenvalue weighted by atomic mass is 10.2. The van der Waals surface area contributed by atoms with Gasteiger partial charge in [-0.2, -0.15) is 0 Å². The van der Waals surface area contributed by atoms with Crippen molar-refractivity contribution in [2.45, 2.75) is 26.3 Å². The Labute approximate surface area is 100 Å². The van der Waals surface area contributed by atoms with Gasteiger partial charge < -0.3 is 16.4 Å². The fourth-order valence-electron chi connectivity index (χ4n) is 1.36. The Morgan fingerprint density at radius 3 is 2.88 bits per heavy atom. The van der Waals surface area contributed by atoms with Gasteiger partial charge in [0.25, 0.3) is 0 Å². The quantitative estimate of drug-likeness (QED) is 0.689. The molecule has 0 saturated carbocycles. The van der Waals surface area contributed by atoms with Crippen molar-refractivity contribution in [1.29, 1.82) is 0 Å². The molecule has 0 aliphatic rings. The number of hydrogen-bond acceptors (Lipinski definition) is 2. The predicted molar refractivity (Wildman–Crippen MR) is 66.2 cm³/mol. The van der Waals surface area contributed by atoms with E-state index in [2.05, 4.69) is 10.6 Å². The molecule has 4 N–H and O–H groups in total. The number of carbonyl (C=O) groups excluding carboxylic acids is 1. The van der Waals surface area contributed by atoms with E-state index in [9.17, 15) is 9.18 Å². The average Bonchev–Trinajstić information content (AvgIpc) is 2.32. The maximum absolute atomic E-state index is 13.1. The summed E-state index contributed by atoms with van der Waals surface area (Å²) in [5.74, 6) is -0.357. The van der Waals surface area contributed by atoms with Gasteiger partial charge in [-0.1, -0.05) is 13.3 Å². The van der Waals surface area contributed by atoms with E-state index in [0.717, 1.165) is 12.8 Å². The molecule has 0 saturated heterocycles. The highest BCUT2D eigenvalue weighted by atomic mass is 19.1. The largest absolute Gasteiger partial charge is 0.338 e. The number of unbranched alkanes of at least 4 members (excludes halogenated alkanes) is 1. The maximum atomic E-state index is 13.1. The standard InChI is InChI=1S/C12H18FN3O/c1-2-3-6-15-12(17)16-10-4-5-11(13)9(7-10)8-14/h4-5,7H,2-3,6,8,14H2,1H3,(H2,15,16,17). The molecular formula is C12H18FN3O. The number of hydrogen-bond donors (Lipinski definition) is 3. The van der Waals surface area contributed by atoms with Crippen LogP contribution in [0.5, 0.6) is 0 Å². The molecule has 0 atom stereocenters. The van der Waals surface area contributed by atoms with Crippen molar-refractivity contribution in [3.8, 4) is 0 Å². The first-order valence-electron chi connectivity index (χ1n) is 5.70. The van der Waals surface area contributed by atoms with Gasteiger partial charge in [0, 0.05) is 24.3 Å². The Hall–Kier alpha value is -1.62. The van der Waals surface area contributed by atoms with Crippen LogP contribution in [0.2, 0.25) is 0 Å². The molecule has 5 heteroatoms. The molecule has 0 aliphatic carbocycles. The Kier molecular flexibility index (Phi) is 5.42. The maximum Gasteiger partial charge on any atom is 0.319 e. The minimum Gasteiger partial charge on any atom is -0.338 e. The molecule has 0 fully saturated rings. The summed E-state index contributed by atoms with van der Waals surface area (Å²) >= 11 is 0. The van der Waals surface area contributed by atoms with Gasteiger partial charge in [-0.3, -0.25) is 0 Å². The summed E-state index contributed by atoms with van der Waals surface area (Å²) in [5.41, 5.74) is 6.31. The molecule has 1 aromatic carbocycles. The lowest BCUT2D eigenvalue weighted by Crippen LogP contribution is -2.29. The van der Waals surface area contributed by atoms with E-state index in [0.29, 0.717) is 17.8 Å². The van der Waals surface area contributed by atoms with Gasteiger partial charge >= 0.3 is 6.03 Å². The highest BCUT2D eigenvalue weighted by Crippen LogP contribution is 2.14. The summed E-state index contributed by atoms with van der Waals surface area (Å²) in [4.78, 5) is 11.4. The van der Waals surface area contributed by atoms with Crippen LogP contribution >= 0.6 is 0 Å². The summed E-state index contributed by atoms with van der Waals surface area (Å²) in [7, 11) is 0. The van der Waals surface area contributed by atoms with Gasteiger partial charge in [0.05, 0.1) is 0 Å². The first-order valence-corrected chi connectivity index (χ1v) is 5.70. The molecule has 0 aromatic heterocycles. The number of amides is 2. The van der Waals surface area contributed by atoms with Crippen molar-refractivity contribution >= 4 is 11.7 Å². The SMILES string of the molecule is CCCCNC(=O)Nc1ccc(F)c(CN)c1. The minimum absolute atomic E-state index is 0.110. The lowest BCUT2D eigenvalue weighted by molar-refractivity contribution is 0.252. The molecule has 17 heavy (non-hydrogen) atoms. The van der Waals surface area contributed by atoms with Crippen LogP contribution in [0.4, 0.5) is 14.9 Å². The van der Waals surface area contributed by atoms with E-state index in [1.165, 1.54) is 18.2 Å². The Balaban J connectivity index is 2.53. The zero-order valence-corrected chi connectivity index (χ0v) is 9.92. The van der Waals surface area contributed by atoms with Gasteiger partial charge in [0.15, 0.2) is 0 Å². The molecule has 0 spiro atoms. The monoisotopic (exact) mass is 239 g/mol. The van der Waals surface area contributed by atoms with Crippen LogP contribution in [0.25, 0.3) is 0 Å². The normalized spacial score (nSPS) is 10.1. The topological polar surface area (TPSA) is 67.2 Å². The number of nitrogens with one attached hydrogen (secondary N) is 2. The van der Waals surface area contributed by atoms with Crippen LogP contribution in [0.15, 0.2) is 18.2 Å². The van der Waals surface area contributed by atoms with Gasteiger partial charge in [0.2, 0.25) is 0 Å². The number of anilines is 1. The molecule has 1 rings (SSSR count). The number of halogens is 1. The van der Waals surface area contributed by atoms with Crippen molar-refractivity contribution in [2.75, 3.05) is 11.9 Å². The molecule has 4 nitrogen and oxygen atoms in total. The van der Waals surface area contributed by atoms with Crippen LogP contribution in [0.1, 0.15) is 25.3 Å². The third kappa shape index (κ3) is 4.40. The second-order valence-corrected chi connectivity index (χ2v) is 3.74. The Morgan fingerprint density at radius 2 is 2.24 bits per heavy atom. The third-order valence-corrected chi connectivity index (χ3v) is 2.34. The van der Waals surface area contributed by atoms with E-state index in [1.807, 2.05) is 6.92 Å². The van der Waals surface area contributed by atoms with Crippen molar-refractivity contribution in [1.82, 2.24) is 5.32 Å². The van der Waals surface area contributed by atoms with E-state index >= 15 is 0 Å². The van der Waals surface area contributed by atoms with Gasteiger partial charge in [-0.15, -0.1) is 0 Å². The van der Waals surface area contributed by atoms with Gasteiger partial charge in [0.1, 0.15) is 5.82 Å². The number of urea groups is 1. The van der Waals surface area contributed by atoms with Crippen LogP contribution in [-0.4, -0.2) is 12.6 Å². The van der Waals surface area contributed by atoms with E-state index < -0.39 is 0 Å². The van der Waals surface area contributed by atoms with Crippen molar-refractivity contribution < 1.29 is 9.18 Å². The summed E-state index contributed by atoms with van der Waals surface area (Å²) in [5, 5.41) is 5.34. The average molecular weight is 239 g/mol. The molecular weight excluding hydrogens is 221 g/mol. The van der Waals surface area contributed by atoms with Gasteiger partial charge in [-0.05, 0) is 24.6 Å². The highest BCUT2D eigenvalue weighted by Gasteiger charge is 2.04. The number of carbonyl (C=O) groups is 1. The smallest absolute Gasteiger partial charge is 0.319 e. The second kappa shape index (κ2) is 6.85. The van der Waals surface area contributed by atoms with Crippen molar-refractivity contribution in [2.24, 2.45) is 5.73 Å². The fraction of sp³-hybridized carbons (Fsp3) is 0.417. The van der Waals surface area contributed by atoms with Crippen LogP contribution in [-0.2, 0) is 6.54 Å². The Morgan fingerprint density at radius 1 is 1.47 bits per heavy atom. The van der Waals surface area contributed by atoms with E-state index in [1.54, 1.807) is 0 Å². The molecule has 0 heterocycles.